The first kappa shape index (κ1) is 22.7. The van der Waals surface area contributed by atoms with Crippen LogP contribution in [0.1, 0.15) is 38.8 Å². The summed E-state index contributed by atoms with van der Waals surface area (Å²) in [6, 6.07) is 20.8. The normalized spacial score (nSPS) is 10.6. The van der Waals surface area contributed by atoms with Crippen LogP contribution in [0, 0.1) is 0 Å². The van der Waals surface area contributed by atoms with E-state index in [9.17, 15) is 9.59 Å². The Morgan fingerprint density at radius 3 is 2.32 bits per heavy atom. The second kappa shape index (κ2) is 11.4. The maximum Gasteiger partial charge on any atom is 0.256 e. The summed E-state index contributed by atoms with van der Waals surface area (Å²) in [6.07, 6.45) is 0. The summed E-state index contributed by atoms with van der Waals surface area (Å²) < 4.78 is 10.8. The van der Waals surface area contributed by atoms with Crippen LogP contribution in [-0.4, -0.2) is 31.5 Å². The van der Waals surface area contributed by atoms with Crippen LogP contribution in [0.3, 0.4) is 0 Å². The van der Waals surface area contributed by atoms with E-state index >= 15 is 0 Å². The first-order valence-electron chi connectivity index (χ1n) is 10.0. The van der Waals surface area contributed by atoms with E-state index in [1.165, 1.54) is 0 Å². The Labute approximate surface area is 187 Å². The van der Waals surface area contributed by atoms with Crippen LogP contribution in [0.15, 0.2) is 72.8 Å². The number of anilines is 1. The molecule has 0 aliphatic heterocycles. The summed E-state index contributed by atoms with van der Waals surface area (Å²) in [5.41, 5.74) is 2.67. The van der Waals surface area contributed by atoms with Gasteiger partial charge in [-0.2, -0.15) is 0 Å². The van der Waals surface area contributed by atoms with Gasteiger partial charge in [-0.25, -0.2) is 0 Å². The van der Waals surface area contributed by atoms with Crippen molar-refractivity contribution in [1.29, 1.82) is 0 Å². The predicted molar refractivity (Wildman–Crippen MR) is 122 cm³/mol. The number of nitrogens with one attached hydrogen (secondary N) is 1. The van der Waals surface area contributed by atoms with Gasteiger partial charge in [0.05, 0.1) is 25.4 Å². The molecule has 0 saturated heterocycles. The minimum Gasteiger partial charge on any atom is -0.379 e. The molecule has 0 aromatic heterocycles. The Morgan fingerprint density at radius 2 is 1.58 bits per heavy atom. The number of rotatable bonds is 10. The number of hydrogen-bond acceptors (Lipinski definition) is 4. The minimum absolute atomic E-state index is 0.237. The highest BCUT2D eigenvalue weighted by atomic mass is 35.5. The first-order valence-corrected chi connectivity index (χ1v) is 10.4. The average Bonchev–Trinajstić information content (AvgIpc) is 2.79. The van der Waals surface area contributed by atoms with Gasteiger partial charge in [0.2, 0.25) is 0 Å². The van der Waals surface area contributed by atoms with Crippen LogP contribution >= 0.6 is 11.6 Å². The molecule has 0 unspecified atom stereocenters. The molecule has 3 aromatic rings. The first-order chi connectivity index (χ1) is 15.1. The molecule has 0 aliphatic rings. The smallest absolute Gasteiger partial charge is 0.256 e. The van der Waals surface area contributed by atoms with Crippen molar-refractivity contribution in [1.82, 2.24) is 0 Å². The third kappa shape index (κ3) is 6.49. The lowest BCUT2D eigenvalue weighted by atomic mass is 9.98. The topological polar surface area (TPSA) is 64.6 Å². The number of ether oxygens (including phenoxy) is 2. The molecule has 0 aliphatic carbocycles. The van der Waals surface area contributed by atoms with E-state index in [1.807, 2.05) is 25.1 Å². The molecule has 1 N–H and O–H groups in total. The molecular formula is C25H24ClNO4. The van der Waals surface area contributed by atoms with Gasteiger partial charge in [-0.05, 0) is 55.0 Å². The largest absolute Gasteiger partial charge is 0.379 e. The number of amides is 1. The van der Waals surface area contributed by atoms with Crippen molar-refractivity contribution in [2.75, 3.05) is 25.1 Å². The zero-order valence-electron chi connectivity index (χ0n) is 17.3. The van der Waals surface area contributed by atoms with E-state index in [1.54, 1.807) is 54.6 Å². The molecule has 3 rings (SSSR count). The maximum absolute atomic E-state index is 12.9. The van der Waals surface area contributed by atoms with Crippen LogP contribution < -0.4 is 5.32 Å². The molecule has 0 fully saturated rings. The molecule has 0 spiro atoms. The Morgan fingerprint density at radius 1 is 0.871 bits per heavy atom. The average molecular weight is 438 g/mol. The lowest BCUT2D eigenvalue weighted by Crippen LogP contribution is -2.17. The molecule has 6 heteroatoms. The predicted octanol–water partition coefficient (Wildman–Crippen LogP) is 5.38. The Bertz CT molecular complexity index is 1030. The fourth-order valence-electron chi connectivity index (χ4n) is 3.03. The molecule has 5 nitrogen and oxygen atoms in total. The SMILES string of the molecule is CCOCCOCc1cccc(NC(=O)c2ccccc2C(=O)c2ccc(Cl)cc2)c1. The van der Waals surface area contributed by atoms with E-state index in [4.69, 9.17) is 21.1 Å². The van der Waals surface area contributed by atoms with Crippen LogP contribution in [-0.2, 0) is 16.1 Å². The van der Waals surface area contributed by atoms with Gasteiger partial charge in [0, 0.05) is 28.4 Å². The van der Waals surface area contributed by atoms with E-state index < -0.39 is 0 Å². The summed E-state index contributed by atoms with van der Waals surface area (Å²) in [5.74, 6) is -0.591. The monoisotopic (exact) mass is 437 g/mol. The maximum atomic E-state index is 12.9. The summed E-state index contributed by atoms with van der Waals surface area (Å²) in [4.78, 5) is 25.9. The second-order valence-electron chi connectivity index (χ2n) is 6.79. The molecule has 1 amide bonds. The van der Waals surface area contributed by atoms with Crippen molar-refractivity contribution in [3.63, 3.8) is 0 Å². The van der Waals surface area contributed by atoms with Gasteiger partial charge in [0.1, 0.15) is 0 Å². The van der Waals surface area contributed by atoms with Gasteiger partial charge in [-0.3, -0.25) is 9.59 Å². The Kier molecular flexibility index (Phi) is 8.35. The molecular weight excluding hydrogens is 414 g/mol. The van der Waals surface area contributed by atoms with Gasteiger partial charge >= 0.3 is 0 Å². The van der Waals surface area contributed by atoms with Crippen molar-refractivity contribution < 1.29 is 19.1 Å². The van der Waals surface area contributed by atoms with Crippen LogP contribution in [0.4, 0.5) is 5.69 Å². The molecule has 0 radical (unpaired) electrons. The van der Waals surface area contributed by atoms with Crippen LogP contribution in [0.5, 0.6) is 0 Å². The lowest BCUT2D eigenvalue weighted by molar-refractivity contribution is 0.0453. The van der Waals surface area contributed by atoms with E-state index in [0.29, 0.717) is 53.8 Å². The summed E-state index contributed by atoms with van der Waals surface area (Å²) in [7, 11) is 0. The highest BCUT2D eigenvalue weighted by Gasteiger charge is 2.18. The number of carbonyl (C=O) groups excluding carboxylic acids is 2. The lowest BCUT2D eigenvalue weighted by Gasteiger charge is -2.11. The van der Waals surface area contributed by atoms with Crippen molar-refractivity contribution in [2.24, 2.45) is 0 Å². The molecule has 3 aromatic carbocycles. The van der Waals surface area contributed by atoms with E-state index in [2.05, 4.69) is 5.32 Å². The number of benzene rings is 3. The van der Waals surface area contributed by atoms with Crippen molar-refractivity contribution in [3.8, 4) is 0 Å². The third-order valence-corrected chi connectivity index (χ3v) is 4.80. The summed E-state index contributed by atoms with van der Waals surface area (Å²) in [6.45, 7) is 4.07. The highest BCUT2D eigenvalue weighted by molar-refractivity contribution is 6.30. The number of carbonyl (C=O) groups is 2. The zero-order valence-corrected chi connectivity index (χ0v) is 18.0. The fraction of sp³-hybridized carbons (Fsp3) is 0.200. The van der Waals surface area contributed by atoms with Crippen LogP contribution in [0.25, 0.3) is 0 Å². The van der Waals surface area contributed by atoms with Crippen molar-refractivity contribution >= 4 is 29.0 Å². The quantitative estimate of drug-likeness (QED) is 0.342. The number of hydrogen-bond donors (Lipinski definition) is 1. The standard InChI is InChI=1S/C25H24ClNO4/c1-2-30-14-15-31-17-18-6-5-7-21(16-18)27-25(29)23-9-4-3-8-22(23)24(28)19-10-12-20(26)13-11-19/h3-13,16H,2,14-15,17H2,1H3,(H,27,29). The van der Waals surface area contributed by atoms with Gasteiger partial charge in [0.25, 0.3) is 5.91 Å². The Hall–Kier alpha value is -2.99. The van der Waals surface area contributed by atoms with E-state index in [-0.39, 0.29) is 11.7 Å². The zero-order chi connectivity index (χ0) is 22.1. The van der Waals surface area contributed by atoms with Gasteiger partial charge in [-0.1, -0.05) is 41.9 Å². The van der Waals surface area contributed by atoms with Gasteiger partial charge in [-0.15, -0.1) is 0 Å². The van der Waals surface area contributed by atoms with Crippen molar-refractivity contribution in [2.45, 2.75) is 13.5 Å². The number of ketones is 1. The molecule has 0 atom stereocenters. The second-order valence-corrected chi connectivity index (χ2v) is 7.22. The van der Waals surface area contributed by atoms with Crippen LogP contribution in [0.2, 0.25) is 5.02 Å². The molecule has 0 bridgehead atoms. The van der Waals surface area contributed by atoms with E-state index in [0.717, 1.165) is 5.56 Å². The van der Waals surface area contributed by atoms with Crippen molar-refractivity contribution in [3.05, 3.63) is 100 Å². The molecule has 160 valence electrons. The van der Waals surface area contributed by atoms with Gasteiger partial charge in [0.15, 0.2) is 5.78 Å². The Balaban J connectivity index is 1.71. The number of halogens is 1. The molecule has 0 heterocycles. The minimum atomic E-state index is -0.354. The third-order valence-electron chi connectivity index (χ3n) is 4.55. The van der Waals surface area contributed by atoms with Gasteiger partial charge < -0.3 is 14.8 Å². The molecule has 31 heavy (non-hydrogen) atoms. The summed E-state index contributed by atoms with van der Waals surface area (Å²) in [5, 5.41) is 3.42. The highest BCUT2D eigenvalue weighted by Crippen LogP contribution is 2.19. The molecule has 0 saturated carbocycles. The fourth-order valence-corrected chi connectivity index (χ4v) is 3.15. The summed E-state index contributed by atoms with van der Waals surface area (Å²) >= 11 is 5.91.